The van der Waals surface area contributed by atoms with Gasteiger partial charge in [0, 0.05) is 23.2 Å². The van der Waals surface area contributed by atoms with Crippen molar-refractivity contribution in [2.45, 2.75) is 76.7 Å². The van der Waals surface area contributed by atoms with E-state index in [1.807, 2.05) is 43.4 Å². The molecule has 3 fully saturated rings. The molecule has 0 radical (unpaired) electrons. The molecule has 3 saturated carbocycles. The van der Waals surface area contributed by atoms with Gasteiger partial charge in [-0.3, -0.25) is 9.59 Å². The summed E-state index contributed by atoms with van der Waals surface area (Å²) in [5, 5.41) is 22.6. The Morgan fingerprint density at radius 3 is 2.64 bits per heavy atom. The van der Waals surface area contributed by atoms with Crippen molar-refractivity contribution in [1.29, 1.82) is 0 Å². The molecule has 4 rings (SSSR count). The van der Waals surface area contributed by atoms with Gasteiger partial charge in [0.1, 0.15) is 11.3 Å². The predicted molar refractivity (Wildman–Crippen MR) is 112 cm³/mol. The van der Waals surface area contributed by atoms with Crippen LogP contribution in [0.2, 0.25) is 0 Å². The Kier molecular flexibility index (Phi) is 4.73. The van der Waals surface area contributed by atoms with Gasteiger partial charge in [-0.25, -0.2) is 4.39 Å². The number of rotatable bonds is 2. The number of hydrogen-bond acceptors (Lipinski definition) is 4. The minimum absolute atomic E-state index is 0.0411. The molecule has 4 aliphatic carbocycles. The van der Waals surface area contributed by atoms with Crippen LogP contribution in [0.5, 0.6) is 0 Å². The number of carbonyl (C=O) groups excluding carboxylic acids is 2. The zero-order valence-electron chi connectivity index (χ0n) is 16.8. The van der Waals surface area contributed by atoms with Gasteiger partial charge in [-0.1, -0.05) is 48.9 Å². The van der Waals surface area contributed by atoms with Gasteiger partial charge in [0.05, 0.1) is 10.5 Å². The lowest BCUT2D eigenvalue weighted by molar-refractivity contribution is -0.229. The summed E-state index contributed by atoms with van der Waals surface area (Å²) >= 11 is 1.97. The van der Waals surface area contributed by atoms with Crippen LogP contribution in [0.25, 0.3) is 0 Å². The molecule has 0 bridgehead atoms. The molecule has 0 spiro atoms. The second-order valence-electron chi connectivity index (χ2n) is 10.1. The van der Waals surface area contributed by atoms with Crippen LogP contribution < -0.4 is 0 Å². The topological polar surface area (TPSA) is 74.6 Å². The van der Waals surface area contributed by atoms with Crippen molar-refractivity contribution in [3.63, 3.8) is 0 Å². The van der Waals surface area contributed by atoms with Crippen LogP contribution in [-0.2, 0) is 9.59 Å². The van der Waals surface area contributed by atoms with E-state index in [4.69, 9.17) is 0 Å². The maximum absolute atomic E-state index is 17.0. The third kappa shape index (κ3) is 2.28. The molecule has 0 aromatic rings. The average molecular weight is 504 g/mol. The number of carbonyl (C=O) groups is 2. The molecule has 156 valence electrons. The highest BCUT2D eigenvalue weighted by Gasteiger charge is 2.74. The van der Waals surface area contributed by atoms with Gasteiger partial charge >= 0.3 is 0 Å². The molecule has 4 aliphatic rings. The summed E-state index contributed by atoms with van der Waals surface area (Å²) in [6.07, 6.45) is 2.62. The normalized spacial score (nSPS) is 53.1. The first-order valence-corrected chi connectivity index (χ1v) is 11.9. The van der Waals surface area contributed by atoms with Crippen LogP contribution in [0.15, 0.2) is 11.6 Å². The number of aliphatic hydroxyl groups excluding tert-OH is 1. The first-order valence-electron chi connectivity index (χ1n) is 10.4. The maximum atomic E-state index is 17.0. The summed E-state index contributed by atoms with van der Waals surface area (Å²) in [6, 6.07) is 0. The maximum Gasteiger partial charge on any atom is 0.174 e. The molecule has 6 heteroatoms. The fourth-order valence-electron chi connectivity index (χ4n) is 7.54. The molecule has 0 saturated heterocycles. The number of hydrogen-bond donors (Lipinski definition) is 2. The zero-order chi connectivity index (χ0) is 20.7. The van der Waals surface area contributed by atoms with E-state index >= 15 is 4.39 Å². The number of fused-ring (bicyclic) bond motifs is 5. The smallest absolute Gasteiger partial charge is 0.174 e. The second-order valence-corrected chi connectivity index (χ2v) is 10.9. The number of alkyl halides is 2. The summed E-state index contributed by atoms with van der Waals surface area (Å²) in [5.41, 5.74) is -4.20. The SMILES string of the molecule is C[C@H]1C[C@H]2[C@@H]3CC[C@](O)(C(=O)CI)[C@@]3(C)C[C@H](O)[C@]2(F)[C@@]2(C)CCC(=O)C=C12. The van der Waals surface area contributed by atoms with Gasteiger partial charge in [-0.05, 0) is 50.0 Å². The largest absolute Gasteiger partial charge is 0.390 e. The van der Waals surface area contributed by atoms with Gasteiger partial charge in [-0.15, -0.1) is 0 Å². The summed E-state index contributed by atoms with van der Waals surface area (Å²) < 4.78 is 17.2. The van der Waals surface area contributed by atoms with E-state index in [-0.39, 0.29) is 34.3 Å². The average Bonchev–Trinajstić information content (AvgIpc) is 2.91. The molecular weight excluding hydrogens is 474 g/mol. The Balaban J connectivity index is 1.83. The molecule has 0 heterocycles. The standard InChI is InChI=1S/C22H30FIO4/c1-12-8-16-14-5-7-21(28,18(27)11-24)20(14,3)10-17(26)22(16,23)19(2)6-4-13(25)9-15(12)19/h9,12,14,16-17,26,28H,4-8,10-11H2,1-3H3/t12-,14-,16-,17-,19-,20-,21-,22-/m0/s1. The number of Topliss-reactive ketones (excluding diaryl/α,β-unsaturated/α-hetero) is 1. The lowest BCUT2D eigenvalue weighted by Gasteiger charge is -2.64. The van der Waals surface area contributed by atoms with Gasteiger partial charge in [0.2, 0.25) is 0 Å². The summed E-state index contributed by atoms with van der Waals surface area (Å²) in [6.45, 7) is 5.79. The molecule has 0 aromatic carbocycles. The van der Waals surface area contributed by atoms with Gasteiger partial charge in [-0.2, -0.15) is 0 Å². The molecule has 0 aromatic heterocycles. The number of halogens is 2. The first kappa shape index (κ1) is 20.9. The van der Waals surface area contributed by atoms with Crippen LogP contribution >= 0.6 is 22.6 Å². The summed E-state index contributed by atoms with van der Waals surface area (Å²) in [7, 11) is 0. The molecule has 0 unspecified atom stereocenters. The minimum Gasteiger partial charge on any atom is -0.390 e. The molecule has 28 heavy (non-hydrogen) atoms. The Hall–Kier alpha value is -0.340. The van der Waals surface area contributed by atoms with Crippen molar-refractivity contribution in [2.75, 3.05) is 4.43 Å². The monoisotopic (exact) mass is 504 g/mol. The Morgan fingerprint density at radius 1 is 1.32 bits per heavy atom. The summed E-state index contributed by atoms with van der Waals surface area (Å²) in [5.74, 6) is -0.708. The van der Waals surface area contributed by atoms with Crippen LogP contribution in [0.4, 0.5) is 4.39 Å². The van der Waals surface area contributed by atoms with Gasteiger partial charge in [0.25, 0.3) is 0 Å². The molecule has 0 aliphatic heterocycles. The van der Waals surface area contributed by atoms with Crippen molar-refractivity contribution >= 4 is 34.2 Å². The fraction of sp³-hybridized carbons (Fsp3) is 0.818. The van der Waals surface area contributed by atoms with E-state index in [1.54, 1.807) is 6.08 Å². The van der Waals surface area contributed by atoms with Gasteiger partial charge in [0.15, 0.2) is 11.6 Å². The second kappa shape index (κ2) is 6.33. The quantitative estimate of drug-likeness (QED) is 0.446. The lowest BCUT2D eigenvalue weighted by Crippen LogP contribution is -2.70. The molecular formula is C22H30FIO4. The highest BCUT2D eigenvalue weighted by Crippen LogP contribution is 2.71. The van der Waals surface area contributed by atoms with Crippen molar-refractivity contribution < 1.29 is 24.2 Å². The van der Waals surface area contributed by atoms with Gasteiger partial charge < -0.3 is 10.2 Å². The Morgan fingerprint density at radius 2 is 2.00 bits per heavy atom. The fourth-order valence-corrected chi connectivity index (χ4v) is 8.17. The lowest BCUT2D eigenvalue weighted by atomic mass is 9.42. The Labute approximate surface area is 179 Å². The number of ketones is 2. The number of aliphatic hydroxyl groups is 2. The van der Waals surface area contributed by atoms with Crippen molar-refractivity contribution in [2.24, 2.45) is 28.6 Å². The van der Waals surface area contributed by atoms with E-state index in [0.717, 1.165) is 5.57 Å². The van der Waals surface area contributed by atoms with Crippen molar-refractivity contribution in [1.82, 2.24) is 0 Å². The molecule has 2 N–H and O–H groups in total. The van der Waals surface area contributed by atoms with Crippen molar-refractivity contribution in [3.05, 3.63) is 11.6 Å². The third-order valence-corrected chi connectivity index (χ3v) is 9.79. The highest BCUT2D eigenvalue weighted by atomic mass is 127. The van der Waals surface area contributed by atoms with E-state index in [0.29, 0.717) is 32.1 Å². The van der Waals surface area contributed by atoms with E-state index in [9.17, 15) is 19.8 Å². The van der Waals surface area contributed by atoms with E-state index in [1.165, 1.54) is 0 Å². The van der Waals surface area contributed by atoms with Crippen LogP contribution in [0.1, 0.15) is 59.3 Å². The Bertz CT molecular complexity index is 768. The molecule has 0 amide bonds. The predicted octanol–water partition coefficient (Wildman–Crippen LogP) is 3.56. The van der Waals surface area contributed by atoms with Crippen molar-refractivity contribution in [3.8, 4) is 0 Å². The van der Waals surface area contributed by atoms with E-state index < -0.39 is 34.1 Å². The van der Waals surface area contributed by atoms with Crippen LogP contribution in [0, 0.1) is 28.6 Å². The third-order valence-electron chi connectivity index (χ3n) is 9.10. The molecule has 4 nitrogen and oxygen atoms in total. The summed E-state index contributed by atoms with van der Waals surface area (Å²) in [4.78, 5) is 24.7. The van der Waals surface area contributed by atoms with Crippen LogP contribution in [-0.4, -0.2) is 43.6 Å². The first-order chi connectivity index (χ1) is 13.0. The number of allylic oxidation sites excluding steroid dienone is 1. The van der Waals surface area contributed by atoms with Crippen LogP contribution in [0.3, 0.4) is 0 Å². The minimum atomic E-state index is -1.84. The highest BCUT2D eigenvalue weighted by molar-refractivity contribution is 14.1. The molecule has 8 atom stereocenters. The van der Waals surface area contributed by atoms with E-state index in [2.05, 4.69) is 0 Å². The zero-order valence-corrected chi connectivity index (χ0v) is 19.0.